The molecule has 1 aliphatic rings. The monoisotopic (exact) mass is 195 g/mol. The molecule has 4 nitrogen and oxygen atoms in total. The van der Waals surface area contributed by atoms with E-state index in [0.717, 1.165) is 30.7 Å². The third-order valence-electron chi connectivity index (χ3n) is 2.79. The summed E-state index contributed by atoms with van der Waals surface area (Å²) < 4.78 is 5.17. The van der Waals surface area contributed by atoms with E-state index < -0.39 is 5.97 Å². The third kappa shape index (κ3) is 1.52. The van der Waals surface area contributed by atoms with Crippen molar-refractivity contribution in [1.82, 2.24) is 5.16 Å². The summed E-state index contributed by atoms with van der Waals surface area (Å²) in [7, 11) is 0. The first kappa shape index (κ1) is 9.24. The van der Waals surface area contributed by atoms with E-state index in [-0.39, 0.29) is 11.8 Å². The lowest BCUT2D eigenvalue weighted by atomic mass is 9.99. The molecule has 0 aromatic carbocycles. The summed E-state index contributed by atoms with van der Waals surface area (Å²) in [5, 5.41) is 12.6. The van der Waals surface area contributed by atoms with E-state index in [4.69, 9.17) is 9.63 Å². The maximum absolute atomic E-state index is 10.6. The normalized spacial score (nSPS) is 18.1. The van der Waals surface area contributed by atoms with Crippen LogP contribution >= 0.6 is 0 Å². The summed E-state index contributed by atoms with van der Waals surface area (Å²) in [4.78, 5) is 10.6. The summed E-state index contributed by atoms with van der Waals surface area (Å²) in [5.74, 6) is -0.0197. The molecule has 0 atom stereocenters. The molecule has 0 aliphatic heterocycles. The van der Waals surface area contributed by atoms with E-state index in [9.17, 15) is 4.79 Å². The van der Waals surface area contributed by atoms with Crippen molar-refractivity contribution in [3.05, 3.63) is 17.5 Å². The molecule has 76 valence electrons. The van der Waals surface area contributed by atoms with Gasteiger partial charge in [0.15, 0.2) is 0 Å². The molecule has 0 saturated heterocycles. The van der Waals surface area contributed by atoms with E-state index in [1.165, 1.54) is 0 Å². The molecule has 0 bridgehead atoms. The summed E-state index contributed by atoms with van der Waals surface area (Å²) >= 11 is 0. The second-order valence-electron chi connectivity index (χ2n) is 3.89. The Kier molecular flexibility index (Phi) is 2.06. The van der Waals surface area contributed by atoms with Gasteiger partial charge in [0.1, 0.15) is 5.76 Å². The predicted octanol–water partition coefficient (Wildman–Crippen LogP) is 1.74. The summed E-state index contributed by atoms with van der Waals surface area (Å²) in [6.45, 7) is 2.00. The highest BCUT2D eigenvalue weighted by Gasteiger charge is 2.49. The van der Waals surface area contributed by atoms with Crippen molar-refractivity contribution in [3.8, 4) is 0 Å². The number of carboxylic acids is 1. The largest absolute Gasteiger partial charge is 0.481 e. The van der Waals surface area contributed by atoms with Gasteiger partial charge in [0.05, 0.1) is 12.1 Å². The van der Waals surface area contributed by atoms with Crippen LogP contribution in [0.1, 0.15) is 37.6 Å². The Morgan fingerprint density at radius 1 is 1.71 bits per heavy atom. The molecule has 1 fully saturated rings. The van der Waals surface area contributed by atoms with Gasteiger partial charge in [0, 0.05) is 11.5 Å². The van der Waals surface area contributed by atoms with Crippen LogP contribution in [-0.4, -0.2) is 16.2 Å². The van der Waals surface area contributed by atoms with Gasteiger partial charge in [0.25, 0.3) is 0 Å². The SMILES string of the molecule is CCc1cc(C2(CC(=O)O)CC2)on1. The summed E-state index contributed by atoms with van der Waals surface area (Å²) in [6, 6.07) is 1.88. The Labute approximate surface area is 81.9 Å². The van der Waals surface area contributed by atoms with E-state index >= 15 is 0 Å². The molecule has 14 heavy (non-hydrogen) atoms. The zero-order valence-electron chi connectivity index (χ0n) is 8.12. The molecule has 0 unspecified atom stereocenters. The van der Waals surface area contributed by atoms with E-state index in [2.05, 4.69) is 5.16 Å². The van der Waals surface area contributed by atoms with Gasteiger partial charge in [-0.05, 0) is 19.3 Å². The molecule has 0 amide bonds. The molecule has 0 spiro atoms. The Balaban J connectivity index is 2.17. The van der Waals surface area contributed by atoms with Gasteiger partial charge in [-0.2, -0.15) is 0 Å². The van der Waals surface area contributed by atoms with Gasteiger partial charge in [-0.3, -0.25) is 4.79 Å². The molecule has 1 aromatic heterocycles. The maximum atomic E-state index is 10.6. The van der Waals surface area contributed by atoms with Crippen molar-refractivity contribution in [1.29, 1.82) is 0 Å². The first-order valence-electron chi connectivity index (χ1n) is 4.84. The molecule has 1 saturated carbocycles. The number of aliphatic carboxylic acids is 1. The van der Waals surface area contributed by atoms with Gasteiger partial charge in [0.2, 0.25) is 0 Å². The lowest BCUT2D eigenvalue weighted by Crippen LogP contribution is -2.11. The van der Waals surface area contributed by atoms with Crippen LogP contribution in [0.2, 0.25) is 0 Å². The van der Waals surface area contributed by atoms with Crippen LogP contribution in [0, 0.1) is 0 Å². The first-order valence-corrected chi connectivity index (χ1v) is 4.84. The van der Waals surface area contributed by atoms with E-state index in [0.29, 0.717) is 0 Å². The fourth-order valence-corrected chi connectivity index (χ4v) is 1.68. The average molecular weight is 195 g/mol. The zero-order chi connectivity index (χ0) is 10.2. The topological polar surface area (TPSA) is 63.3 Å². The quantitative estimate of drug-likeness (QED) is 0.794. The molecule has 1 N–H and O–H groups in total. The van der Waals surface area contributed by atoms with Crippen molar-refractivity contribution in [2.24, 2.45) is 0 Å². The van der Waals surface area contributed by atoms with Crippen LogP contribution in [0.5, 0.6) is 0 Å². The van der Waals surface area contributed by atoms with Gasteiger partial charge in [-0.25, -0.2) is 0 Å². The number of nitrogens with zero attached hydrogens (tertiary/aromatic N) is 1. The number of carbonyl (C=O) groups is 1. The Morgan fingerprint density at radius 3 is 2.86 bits per heavy atom. The summed E-state index contributed by atoms with van der Waals surface area (Å²) in [6.07, 6.45) is 2.79. The van der Waals surface area contributed by atoms with Crippen LogP contribution in [0.15, 0.2) is 10.6 Å². The van der Waals surface area contributed by atoms with Crippen LogP contribution in [0.4, 0.5) is 0 Å². The van der Waals surface area contributed by atoms with Crippen LogP contribution in [0.25, 0.3) is 0 Å². The minimum Gasteiger partial charge on any atom is -0.481 e. The number of rotatable bonds is 4. The van der Waals surface area contributed by atoms with Gasteiger partial charge in [-0.1, -0.05) is 12.1 Å². The van der Waals surface area contributed by atoms with Gasteiger partial charge in [-0.15, -0.1) is 0 Å². The predicted molar refractivity (Wildman–Crippen MR) is 49.0 cm³/mol. The van der Waals surface area contributed by atoms with Crippen molar-refractivity contribution < 1.29 is 14.4 Å². The van der Waals surface area contributed by atoms with Crippen molar-refractivity contribution in [3.63, 3.8) is 0 Å². The van der Waals surface area contributed by atoms with Crippen LogP contribution in [-0.2, 0) is 16.6 Å². The molecule has 2 rings (SSSR count). The highest BCUT2D eigenvalue weighted by Crippen LogP contribution is 2.51. The smallest absolute Gasteiger partial charge is 0.304 e. The van der Waals surface area contributed by atoms with Crippen molar-refractivity contribution in [2.75, 3.05) is 0 Å². The number of hydrogen-bond donors (Lipinski definition) is 1. The van der Waals surface area contributed by atoms with Gasteiger partial charge >= 0.3 is 5.97 Å². The second kappa shape index (κ2) is 3.12. The van der Waals surface area contributed by atoms with Crippen molar-refractivity contribution in [2.45, 2.75) is 38.0 Å². The molecule has 1 aromatic rings. The maximum Gasteiger partial charge on any atom is 0.304 e. The van der Waals surface area contributed by atoms with Crippen molar-refractivity contribution >= 4 is 5.97 Å². The first-order chi connectivity index (χ1) is 6.66. The molecule has 4 heteroatoms. The summed E-state index contributed by atoms with van der Waals surface area (Å²) in [5.41, 5.74) is 0.656. The number of aromatic nitrogens is 1. The fraction of sp³-hybridized carbons (Fsp3) is 0.600. The average Bonchev–Trinajstić information content (AvgIpc) is 2.76. The fourth-order valence-electron chi connectivity index (χ4n) is 1.68. The number of aryl methyl sites for hydroxylation is 1. The Hall–Kier alpha value is -1.32. The Bertz CT molecular complexity index is 352. The second-order valence-corrected chi connectivity index (χ2v) is 3.89. The van der Waals surface area contributed by atoms with Crippen LogP contribution in [0.3, 0.4) is 0 Å². The molecular formula is C10H13NO3. The Morgan fingerprint density at radius 2 is 2.43 bits per heavy atom. The molecular weight excluding hydrogens is 182 g/mol. The number of carboxylic acid groups (broad SMARTS) is 1. The third-order valence-corrected chi connectivity index (χ3v) is 2.79. The van der Waals surface area contributed by atoms with Gasteiger partial charge < -0.3 is 9.63 Å². The molecule has 1 aliphatic carbocycles. The highest BCUT2D eigenvalue weighted by molar-refractivity contribution is 5.69. The molecule has 0 radical (unpaired) electrons. The molecule has 1 heterocycles. The zero-order valence-corrected chi connectivity index (χ0v) is 8.12. The number of hydrogen-bond acceptors (Lipinski definition) is 3. The minimum atomic E-state index is -0.767. The highest BCUT2D eigenvalue weighted by atomic mass is 16.5. The van der Waals surface area contributed by atoms with E-state index in [1.54, 1.807) is 0 Å². The van der Waals surface area contributed by atoms with E-state index in [1.807, 2.05) is 13.0 Å². The van der Waals surface area contributed by atoms with Crippen LogP contribution < -0.4 is 0 Å². The lowest BCUT2D eigenvalue weighted by molar-refractivity contribution is -0.137. The minimum absolute atomic E-state index is 0.158. The lowest BCUT2D eigenvalue weighted by Gasteiger charge is -2.05. The standard InChI is InChI=1S/C10H13NO3/c1-2-7-5-8(14-11-7)10(3-4-10)6-9(12)13/h5H,2-4,6H2,1H3,(H,12,13).